The minimum absolute atomic E-state index is 0.360. The lowest BCUT2D eigenvalue weighted by molar-refractivity contribution is 0.139. The summed E-state index contributed by atoms with van der Waals surface area (Å²) in [6.45, 7) is 0. The monoisotopic (exact) mass is 308 g/mol. The molecule has 0 aromatic heterocycles. The lowest BCUT2D eigenvalue weighted by Crippen LogP contribution is -2.32. The second-order valence-corrected chi connectivity index (χ2v) is 7.31. The molecule has 2 aliphatic rings. The van der Waals surface area contributed by atoms with Crippen LogP contribution in [0.15, 0.2) is 48.5 Å². The first-order valence-corrected chi connectivity index (χ1v) is 8.78. The van der Waals surface area contributed by atoms with Gasteiger partial charge in [-0.05, 0) is 91.2 Å². The maximum atomic E-state index is 9.49. The normalized spacial score (nSPS) is 30.1. The molecule has 0 radical (unpaired) electrons. The van der Waals surface area contributed by atoms with Crippen molar-refractivity contribution < 1.29 is 10.2 Å². The lowest BCUT2D eigenvalue weighted by atomic mass is 9.60. The molecule has 120 valence electrons. The fourth-order valence-electron chi connectivity index (χ4n) is 4.93. The molecule has 0 heterocycles. The molecule has 2 bridgehead atoms. The third kappa shape index (κ3) is 2.83. The third-order valence-corrected chi connectivity index (χ3v) is 6.08. The maximum Gasteiger partial charge on any atom is 0.115 e. The highest BCUT2D eigenvalue weighted by molar-refractivity contribution is 5.31. The van der Waals surface area contributed by atoms with Crippen LogP contribution >= 0.6 is 0 Å². The van der Waals surface area contributed by atoms with E-state index in [2.05, 4.69) is 24.3 Å². The molecule has 0 saturated heterocycles. The number of hydrogen-bond donors (Lipinski definition) is 2. The van der Waals surface area contributed by atoms with Crippen LogP contribution in [0, 0.1) is 11.8 Å². The summed E-state index contributed by atoms with van der Waals surface area (Å²) >= 11 is 0. The summed E-state index contributed by atoms with van der Waals surface area (Å²) in [6.07, 6.45) is 6.40. The second-order valence-electron chi connectivity index (χ2n) is 7.31. The van der Waals surface area contributed by atoms with Crippen molar-refractivity contribution in [2.24, 2.45) is 11.8 Å². The van der Waals surface area contributed by atoms with E-state index < -0.39 is 0 Å². The second kappa shape index (κ2) is 5.92. The average molecular weight is 308 g/mol. The summed E-state index contributed by atoms with van der Waals surface area (Å²) in [5.74, 6) is 3.61. The van der Waals surface area contributed by atoms with Crippen LogP contribution in [-0.4, -0.2) is 10.2 Å². The Balaban J connectivity index is 1.50. The lowest BCUT2D eigenvalue weighted by Gasteiger charge is -2.45. The number of aromatic hydroxyl groups is 2. The number of rotatable bonds is 2. The van der Waals surface area contributed by atoms with E-state index in [1.807, 2.05) is 24.3 Å². The molecule has 2 heteroatoms. The zero-order valence-corrected chi connectivity index (χ0v) is 13.4. The predicted molar refractivity (Wildman–Crippen MR) is 91.8 cm³/mol. The summed E-state index contributed by atoms with van der Waals surface area (Å²) in [6, 6.07) is 15.7. The van der Waals surface area contributed by atoms with Crippen molar-refractivity contribution in [3.63, 3.8) is 0 Å². The highest BCUT2D eigenvalue weighted by Gasteiger charge is 2.39. The van der Waals surface area contributed by atoms with Crippen molar-refractivity contribution in [2.45, 2.75) is 43.9 Å². The van der Waals surface area contributed by atoms with E-state index in [1.54, 1.807) is 0 Å². The van der Waals surface area contributed by atoms with Crippen LogP contribution in [0.3, 0.4) is 0 Å². The predicted octanol–water partition coefficient (Wildman–Crippen LogP) is 5.18. The van der Waals surface area contributed by atoms with Gasteiger partial charge in [0, 0.05) is 0 Å². The van der Waals surface area contributed by atoms with E-state index in [0.29, 0.717) is 23.3 Å². The van der Waals surface area contributed by atoms with Crippen molar-refractivity contribution in [3.8, 4) is 11.5 Å². The standard InChI is InChI=1S/C21H24O2/c22-18-7-1-14(2-8-18)20-11-5-17-13-16(20)6-12-21(17)15-3-9-19(23)10-4-15/h1-4,7-10,16-17,20-23H,5-6,11-13H2. The van der Waals surface area contributed by atoms with E-state index >= 15 is 0 Å². The van der Waals surface area contributed by atoms with E-state index in [0.717, 1.165) is 11.8 Å². The summed E-state index contributed by atoms with van der Waals surface area (Å²) in [7, 11) is 0. The smallest absolute Gasteiger partial charge is 0.115 e. The van der Waals surface area contributed by atoms with Crippen LogP contribution in [0.1, 0.15) is 55.1 Å². The van der Waals surface area contributed by atoms with Crippen molar-refractivity contribution in [3.05, 3.63) is 59.7 Å². The van der Waals surface area contributed by atoms with Gasteiger partial charge >= 0.3 is 0 Å². The molecule has 2 aromatic rings. The van der Waals surface area contributed by atoms with E-state index in [4.69, 9.17) is 0 Å². The summed E-state index contributed by atoms with van der Waals surface area (Å²) in [5, 5.41) is 19.0. The SMILES string of the molecule is Oc1ccc(C2CCC3CC2CCC3c2ccc(O)cc2)cc1. The van der Waals surface area contributed by atoms with Gasteiger partial charge in [-0.25, -0.2) is 0 Å². The fourth-order valence-corrected chi connectivity index (χ4v) is 4.93. The molecular formula is C21H24O2. The summed E-state index contributed by atoms with van der Waals surface area (Å²) in [5.41, 5.74) is 2.80. The molecule has 0 amide bonds. The minimum atomic E-state index is 0.360. The Kier molecular flexibility index (Phi) is 3.76. The first kappa shape index (κ1) is 14.6. The molecule has 4 rings (SSSR count). The quantitative estimate of drug-likeness (QED) is 0.803. The Bertz CT molecular complexity index is 600. The zero-order chi connectivity index (χ0) is 15.8. The van der Waals surface area contributed by atoms with Gasteiger partial charge in [0.2, 0.25) is 0 Å². The van der Waals surface area contributed by atoms with Crippen molar-refractivity contribution in [2.75, 3.05) is 0 Å². The molecule has 0 aliphatic heterocycles. The molecule has 2 nitrogen and oxygen atoms in total. The molecule has 2 aromatic carbocycles. The number of phenols is 2. The topological polar surface area (TPSA) is 40.5 Å². The first-order chi connectivity index (χ1) is 11.2. The van der Waals surface area contributed by atoms with Crippen LogP contribution < -0.4 is 0 Å². The van der Waals surface area contributed by atoms with Gasteiger partial charge < -0.3 is 10.2 Å². The van der Waals surface area contributed by atoms with Crippen LogP contribution in [0.2, 0.25) is 0 Å². The zero-order valence-electron chi connectivity index (χ0n) is 13.4. The van der Waals surface area contributed by atoms with Gasteiger partial charge in [0.25, 0.3) is 0 Å². The Morgan fingerprint density at radius 3 is 1.35 bits per heavy atom. The van der Waals surface area contributed by atoms with Gasteiger partial charge in [0.1, 0.15) is 11.5 Å². The summed E-state index contributed by atoms with van der Waals surface area (Å²) < 4.78 is 0. The number of fused-ring (bicyclic) bond motifs is 2. The number of hydrogen-bond acceptors (Lipinski definition) is 2. The van der Waals surface area contributed by atoms with E-state index in [-0.39, 0.29) is 0 Å². The van der Waals surface area contributed by atoms with Gasteiger partial charge in [-0.1, -0.05) is 24.3 Å². The fraction of sp³-hybridized carbons (Fsp3) is 0.429. The first-order valence-electron chi connectivity index (χ1n) is 8.78. The largest absolute Gasteiger partial charge is 0.508 e. The van der Waals surface area contributed by atoms with Crippen LogP contribution in [-0.2, 0) is 0 Å². The molecule has 2 fully saturated rings. The molecule has 2 N–H and O–H groups in total. The molecule has 2 saturated carbocycles. The minimum Gasteiger partial charge on any atom is -0.508 e. The maximum absolute atomic E-state index is 9.49. The van der Waals surface area contributed by atoms with Gasteiger partial charge in [0.05, 0.1) is 0 Å². The van der Waals surface area contributed by atoms with Crippen LogP contribution in [0.25, 0.3) is 0 Å². The Labute approximate surface area is 137 Å². The molecule has 23 heavy (non-hydrogen) atoms. The molecule has 4 unspecified atom stereocenters. The molecular weight excluding hydrogens is 284 g/mol. The summed E-state index contributed by atoms with van der Waals surface area (Å²) in [4.78, 5) is 0. The Morgan fingerprint density at radius 2 is 0.957 bits per heavy atom. The molecule has 4 atom stereocenters. The van der Waals surface area contributed by atoms with Gasteiger partial charge in [-0.2, -0.15) is 0 Å². The molecule has 0 spiro atoms. The Hall–Kier alpha value is -1.96. The van der Waals surface area contributed by atoms with Crippen molar-refractivity contribution >= 4 is 0 Å². The van der Waals surface area contributed by atoms with Gasteiger partial charge in [-0.3, -0.25) is 0 Å². The van der Waals surface area contributed by atoms with Crippen molar-refractivity contribution in [1.82, 2.24) is 0 Å². The highest BCUT2D eigenvalue weighted by atomic mass is 16.3. The molecule has 2 aliphatic carbocycles. The van der Waals surface area contributed by atoms with E-state index in [9.17, 15) is 10.2 Å². The van der Waals surface area contributed by atoms with Gasteiger partial charge in [0.15, 0.2) is 0 Å². The van der Waals surface area contributed by atoms with Crippen LogP contribution in [0.4, 0.5) is 0 Å². The Morgan fingerprint density at radius 1 is 0.565 bits per heavy atom. The van der Waals surface area contributed by atoms with E-state index in [1.165, 1.54) is 43.2 Å². The van der Waals surface area contributed by atoms with Crippen LogP contribution in [0.5, 0.6) is 11.5 Å². The highest BCUT2D eigenvalue weighted by Crippen LogP contribution is 2.52. The third-order valence-electron chi connectivity index (χ3n) is 6.08. The number of phenolic OH excluding ortho intramolecular Hbond substituents is 2. The number of benzene rings is 2. The average Bonchev–Trinajstić information content (AvgIpc) is 2.58. The van der Waals surface area contributed by atoms with Crippen molar-refractivity contribution in [1.29, 1.82) is 0 Å². The van der Waals surface area contributed by atoms with Gasteiger partial charge in [-0.15, -0.1) is 0 Å².